The zero-order valence-corrected chi connectivity index (χ0v) is 16.1. The van der Waals surface area contributed by atoms with Crippen molar-refractivity contribution in [3.05, 3.63) is 24.3 Å². The highest BCUT2D eigenvalue weighted by Gasteiger charge is 2.49. The normalized spacial score (nSPS) is 20.2. The lowest BCUT2D eigenvalue weighted by Gasteiger charge is -2.33. The summed E-state index contributed by atoms with van der Waals surface area (Å²) < 4.78 is 41.3. The molecule has 2 aliphatic rings. The van der Waals surface area contributed by atoms with Crippen molar-refractivity contribution in [2.75, 3.05) is 23.3 Å². The van der Waals surface area contributed by atoms with E-state index in [1.165, 1.54) is 12.1 Å². The second-order valence-corrected chi connectivity index (χ2v) is 7.97. The Labute approximate surface area is 162 Å². The molecule has 1 aliphatic heterocycles. The van der Waals surface area contributed by atoms with Crippen molar-refractivity contribution >= 4 is 23.2 Å². The standard InChI is InChI=1S/C20H26F3N3O2/c1-13(2)9-10-25(14-7-8-14)12-19(28)26-16-6-4-3-5-15(16)24-18(27)11-17(26)20(21,22)23/h3-6,13-14,17H,7-12H2,1-2H3,(H,24,27). The van der Waals surface area contributed by atoms with Crippen molar-refractivity contribution in [2.45, 2.75) is 57.8 Å². The Bertz CT molecular complexity index is 732. The number of fused-ring (bicyclic) bond motifs is 1. The van der Waals surface area contributed by atoms with Gasteiger partial charge in [0.2, 0.25) is 11.8 Å². The molecule has 5 nitrogen and oxygen atoms in total. The number of carbonyl (C=O) groups is 2. The molecule has 1 saturated carbocycles. The van der Waals surface area contributed by atoms with E-state index in [1.54, 1.807) is 12.1 Å². The lowest BCUT2D eigenvalue weighted by molar-refractivity contribution is -0.158. The Balaban J connectivity index is 1.90. The molecule has 1 aliphatic carbocycles. The molecule has 1 N–H and O–H groups in total. The molecule has 1 aromatic rings. The minimum atomic E-state index is -4.70. The van der Waals surface area contributed by atoms with E-state index in [9.17, 15) is 22.8 Å². The third-order valence-corrected chi connectivity index (χ3v) is 5.17. The average Bonchev–Trinajstić information content (AvgIpc) is 3.43. The van der Waals surface area contributed by atoms with Gasteiger partial charge in [-0.25, -0.2) is 0 Å². The summed E-state index contributed by atoms with van der Waals surface area (Å²) in [6, 6.07) is 4.25. The van der Waals surface area contributed by atoms with Crippen LogP contribution in [0.15, 0.2) is 24.3 Å². The van der Waals surface area contributed by atoms with E-state index in [4.69, 9.17) is 0 Å². The van der Waals surface area contributed by atoms with E-state index in [0.717, 1.165) is 24.2 Å². The minimum Gasteiger partial charge on any atom is -0.324 e. The Hall–Kier alpha value is -2.09. The lowest BCUT2D eigenvalue weighted by Crippen LogP contribution is -2.52. The molecule has 154 valence electrons. The number of carbonyl (C=O) groups excluding carboxylic acids is 2. The van der Waals surface area contributed by atoms with Crippen molar-refractivity contribution in [1.82, 2.24) is 4.90 Å². The van der Waals surface area contributed by atoms with Gasteiger partial charge < -0.3 is 5.32 Å². The number of hydrogen-bond acceptors (Lipinski definition) is 3. The van der Waals surface area contributed by atoms with Gasteiger partial charge in [0.25, 0.3) is 0 Å². The number of nitrogens with zero attached hydrogens (tertiary/aromatic N) is 2. The molecule has 8 heteroatoms. The number of halogens is 3. The minimum absolute atomic E-state index is 0.0769. The maximum absolute atomic E-state index is 13.8. The summed E-state index contributed by atoms with van der Waals surface area (Å²) in [6.45, 7) is 4.76. The predicted molar refractivity (Wildman–Crippen MR) is 101 cm³/mol. The van der Waals surface area contributed by atoms with Crippen LogP contribution in [0.5, 0.6) is 0 Å². The van der Waals surface area contributed by atoms with E-state index in [0.29, 0.717) is 12.5 Å². The average molecular weight is 397 g/mol. The molecule has 0 saturated heterocycles. The Morgan fingerprint density at radius 2 is 1.96 bits per heavy atom. The van der Waals surface area contributed by atoms with Crippen LogP contribution < -0.4 is 10.2 Å². The first-order valence-electron chi connectivity index (χ1n) is 9.68. The van der Waals surface area contributed by atoms with E-state index in [1.807, 2.05) is 4.90 Å². The quantitative estimate of drug-likeness (QED) is 0.794. The molecule has 1 fully saturated rings. The van der Waals surface area contributed by atoms with E-state index >= 15 is 0 Å². The van der Waals surface area contributed by atoms with Crippen LogP contribution in [0.4, 0.5) is 24.5 Å². The molecule has 1 atom stereocenters. The summed E-state index contributed by atoms with van der Waals surface area (Å²) in [5, 5.41) is 2.49. The van der Waals surface area contributed by atoms with Gasteiger partial charge in [0.05, 0.1) is 24.3 Å². The van der Waals surface area contributed by atoms with Crippen LogP contribution >= 0.6 is 0 Å². The number of hydrogen-bond donors (Lipinski definition) is 1. The Morgan fingerprint density at radius 1 is 1.29 bits per heavy atom. The van der Waals surface area contributed by atoms with Crippen molar-refractivity contribution in [3.63, 3.8) is 0 Å². The monoisotopic (exact) mass is 397 g/mol. The highest BCUT2D eigenvalue weighted by molar-refractivity contribution is 6.05. The van der Waals surface area contributed by atoms with Gasteiger partial charge in [-0.15, -0.1) is 0 Å². The van der Waals surface area contributed by atoms with Crippen LogP contribution in [-0.2, 0) is 9.59 Å². The fourth-order valence-corrected chi connectivity index (χ4v) is 3.50. The summed E-state index contributed by atoms with van der Waals surface area (Å²) in [5.41, 5.74) is 0.327. The van der Waals surface area contributed by atoms with Gasteiger partial charge in [-0.1, -0.05) is 26.0 Å². The topological polar surface area (TPSA) is 52.7 Å². The molecule has 1 aromatic carbocycles. The highest BCUT2D eigenvalue weighted by Crippen LogP contribution is 2.38. The molecule has 1 unspecified atom stereocenters. The Kier molecular flexibility index (Phi) is 5.98. The molecule has 3 rings (SSSR count). The van der Waals surface area contributed by atoms with E-state index in [2.05, 4.69) is 19.2 Å². The van der Waals surface area contributed by atoms with Gasteiger partial charge in [0.15, 0.2) is 0 Å². The van der Waals surface area contributed by atoms with E-state index < -0.39 is 30.5 Å². The number of para-hydroxylation sites is 2. The molecular formula is C20H26F3N3O2. The maximum Gasteiger partial charge on any atom is 0.409 e. The molecule has 0 bridgehead atoms. The SMILES string of the molecule is CC(C)CCN(CC(=O)N1c2ccccc2NC(=O)CC1C(F)(F)F)C1CC1. The second kappa shape index (κ2) is 8.11. The smallest absolute Gasteiger partial charge is 0.324 e. The third-order valence-electron chi connectivity index (χ3n) is 5.17. The first-order valence-corrected chi connectivity index (χ1v) is 9.68. The predicted octanol–water partition coefficient (Wildman–Crippen LogP) is 3.80. The number of nitrogens with one attached hydrogen (secondary N) is 1. The van der Waals surface area contributed by atoms with Gasteiger partial charge in [0.1, 0.15) is 6.04 Å². The Morgan fingerprint density at radius 3 is 2.57 bits per heavy atom. The zero-order valence-electron chi connectivity index (χ0n) is 16.1. The number of amides is 2. The molecule has 1 heterocycles. The summed E-state index contributed by atoms with van der Waals surface area (Å²) in [4.78, 5) is 27.9. The van der Waals surface area contributed by atoms with Crippen molar-refractivity contribution in [3.8, 4) is 0 Å². The van der Waals surface area contributed by atoms with Crippen molar-refractivity contribution in [2.24, 2.45) is 5.92 Å². The summed E-state index contributed by atoms with van der Waals surface area (Å²) in [5.74, 6) is -0.925. The first kappa shape index (κ1) is 20.6. The van der Waals surface area contributed by atoms with Gasteiger partial charge in [-0.05, 0) is 43.9 Å². The number of rotatable bonds is 6. The van der Waals surface area contributed by atoms with Gasteiger partial charge in [0, 0.05) is 6.04 Å². The van der Waals surface area contributed by atoms with Crippen LogP contribution in [0, 0.1) is 5.92 Å². The molecule has 0 aromatic heterocycles. The van der Waals surface area contributed by atoms with Gasteiger partial charge in [-0.3, -0.25) is 19.4 Å². The van der Waals surface area contributed by atoms with Gasteiger partial charge >= 0.3 is 6.18 Å². The summed E-state index contributed by atoms with van der Waals surface area (Å²) in [6.07, 6.45) is -2.70. The number of benzene rings is 1. The highest BCUT2D eigenvalue weighted by atomic mass is 19.4. The maximum atomic E-state index is 13.8. The number of anilines is 2. The summed E-state index contributed by atoms with van der Waals surface area (Å²) in [7, 11) is 0. The van der Waals surface area contributed by atoms with Crippen LogP contribution in [0.3, 0.4) is 0 Å². The lowest BCUT2D eigenvalue weighted by atomic mass is 10.1. The van der Waals surface area contributed by atoms with Crippen LogP contribution in [0.1, 0.15) is 39.5 Å². The fraction of sp³-hybridized carbons (Fsp3) is 0.600. The van der Waals surface area contributed by atoms with Crippen molar-refractivity contribution in [1.29, 1.82) is 0 Å². The van der Waals surface area contributed by atoms with Crippen LogP contribution in [-0.4, -0.2) is 48.1 Å². The second-order valence-electron chi connectivity index (χ2n) is 7.97. The first-order chi connectivity index (χ1) is 13.2. The third kappa shape index (κ3) is 4.84. The molecular weight excluding hydrogens is 371 g/mol. The van der Waals surface area contributed by atoms with Crippen LogP contribution in [0.25, 0.3) is 0 Å². The fourth-order valence-electron chi connectivity index (χ4n) is 3.50. The van der Waals surface area contributed by atoms with E-state index in [-0.39, 0.29) is 24.0 Å². The molecule has 0 radical (unpaired) electrons. The van der Waals surface area contributed by atoms with Crippen LogP contribution in [0.2, 0.25) is 0 Å². The molecule has 2 amide bonds. The van der Waals surface area contributed by atoms with Crippen molar-refractivity contribution < 1.29 is 22.8 Å². The van der Waals surface area contributed by atoms with Gasteiger partial charge in [-0.2, -0.15) is 13.2 Å². The molecule has 28 heavy (non-hydrogen) atoms. The number of alkyl halides is 3. The summed E-state index contributed by atoms with van der Waals surface area (Å²) >= 11 is 0. The zero-order chi connectivity index (χ0) is 20.5. The molecule has 0 spiro atoms. The largest absolute Gasteiger partial charge is 0.409 e.